The van der Waals surface area contributed by atoms with Crippen LogP contribution in [0.5, 0.6) is 0 Å². The van der Waals surface area contributed by atoms with E-state index in [2.05, 4.69) is 5.32 Å². The summed E-state index contributed by atoms with van der Waals surface area (Å²) < 4.78 is 10.9. The van der Waals surface area contributed by atoms with Crippen LogP contribution < -0.4 is 5.32 Å². The molecule has 0 spiro atoms. The summed E-state index contributed by atoms with van der Waals surface area (Å²) in [6, 6.07) is 0. The molecule has 0 radical (unpaired) electrons. The van der Waals surface area contributed by atoms with Gasteiger partial charge in [-0.25, -0.2) is 0 Å². The van der Waals surface area contributed by atoms with Crippen LogP contribution in [0.3, 0.4) is 0 Å². The van der Waals surface area contributed by atoms with E-state index in [9.17, 15) is 9.90 Å². The third-order valence-corrected chi connectivity index (χ3v) is 3.27. The Labute approximate surface area is 123 Å². The minimum atomic E-state index is -0.826. The van der Waals surface area contributed by atoms with Crippen LogP contribution in [0.2, 0.25) is 0 Å². The van der Waals surface area contributed by atoms with Crippen molar-refractivity contribution < 1.29 is 19.4 Å². The van der Waals surface area contributed by atoms with Gasteiger partial charge in [-0.1, -0.05) is 6.92 Å². The van der Waals surface area contributed by atoms with E-state index in [1.54, 1.807) is 6.92 Å². The number of hydrogen-bond acceptors (Lipinski definition) is 4. The molecule has 20 heavy (non-hydrogen) atoms. The molecule has 0 amide bonds. The SMILES string of the molecule is CCCNC(C)(CCCCOC(C)COCC)C(=O)O. The van der Waals surface area contributed by atoms with Gasteiger partial charge < -0.3 is 19.9 Å². The monoisotopic (exact) mass is 289 g/mol. The van der Waals surface area contributed by atoms with E-state index < -0.39 is 11.5 Å². The summed E-state index contributed by atoms with van der Waals surface area (Å²) in [5, 5.41) is 12.4. The predicted octanol–water partition coefficient (Wildman–Crippen LogP) is 2.44. The van der Waals surface area contributed by atoms with Gasteiger partial charge >= 0.3 is 5.97 Å². The Morgan fingerprint density at radius 2 is 2.05 bits per heavy atom. The van der Waals surface area contributed by atoms with Crippen LogP contribution in [0.4, 0.5) is 0 Å². The highest BCUT2D eigenvalue weighted by molar-refractivity contribution is 5.78. The van der Waals surface area contributed by atoms with Gasteiger partial charge in [-0.3, -0.25) is 4.79 Å². The first-order valence-electron chi connectivity index (χ1n) is 7.64. The third-order valence-electron chi connectivity index (χ3n) is 3.27. The minimum Gasteiger partial charge on any atom is -0.480 e. The lowest BCUT2D eigenvalue weighted by Gasteiger charge is -2.26. The van der Waals surface area contributed by atoms with E-state index in [4.69, 9.17) is 9.47 Å². The van der Waals surface area contributed by atoms with Crippen molar-refractivity contribution in [3.63, 3.8) is 0 Å². The molecule has 0 aromatic rings. The molecule has 0 rings (SSSR count). The Hall–Kier alpha value is -0.650. The average molecular weight is 289 g/mol. The number of carboxylic acids is 1. The topological polar surface area (TPSA) is 67.8 Å². The number of nitrogens with one attached hydrogen (secondary N) is 1. The highest BCUT2D eigenvalue weighted by Crippen LogP contribution is 2.14. The first kappa shape index (κ1) is 19.4. The van der Waals surface area contributed by atoms with Crippen molar-refractivity contribution in [1.29, 1.82) is 0 Å². The molecule has 0 aromatic carbocycles. The average Bonchev–Trinajstić information content (AvgIpc) is 2.42. The molecule has 0 aliphatic rings. The summed E-state index contributed by atoms with van der Waals surface area (Å²) >= 11 is 0. The Morgan fingerprint density at radius 3 is 2.60 bits per heavy atom. The lowest BCUT2D eigenvalue weighted by molar-refractivity contribution is -0.144. The summed E-state index contributed by atoms with van der Waals surface area (Å²) in [5.74, 6) is -0.781. The van der Waals surface area contributed by atoms with Gasteiger partial charge in [-0.2, -0.15) is 0 Å². The number of hydrogen-bond donors (Lipinski definition) is 2. The van der Waals surface area contributed by atoms with Crippen molar-refractivity contribution in [2.24, 2.45) is 0 Å². The first-order chi connectivity index (χ1) is 9.46. The molecule has 5 nitrogen and oxygen atoms in total. The van der Waals surface area contributed by atoms with Crippen molar-refractivity contribution in [2.45, 2.75) is 65.0 Å². The van der Waals surface area contributed by atoms with Crippen molar-refractivity contribution in [3.8, 4) is 0 Å². The molecule has 2 N–H and O–H groups in total. The van der Waals surface area contributed by atoms with Crippen molar-refractivity contribution in [3.05, 3.63) is 0 Å². The van der Waals surface area contributed by atoms with Gasteiger partial charge in [0, 0.05) is 13.2 Å². The van der Waals surface area contributed by atoms with Crippen LogP contribution in [0.1, 0.15) is 53.4 Å². The molecular formula is C15H31NO4. The fourth-order valence-corrected chi connectivity index (χ4v) is 1.87. The van der Waals surface area contributed by atoms with Crippen LogP contribution in [0.15, 0.2) is 0 Å². The standard InChI is InChI=1S/C15H31NO4/c1-5-10-16-15(4,14(17)18)9-7-8-11-20-13(3)12-19-6-2/h13,16H,5-12H2,1-4H3,(H,17,18). The molecule has 0 aromatic heterocycles. The molecule has 0 bridgehead atoms. The van der Waals surface area contributed by atoms with E-state index >= 15 is 0 Å². The number of aliphatic carboxylic acids is 1. The zero-order valence-corrected chi connectivity index (χ0v) is 13.4. The molecule has 0 fully saturated rings. The maximum atomic E-state index is 11.3. The molecule has 0 heterocycles. The van der Waals surface area contributed by atoms with E-state index in [1.807, 2.05) is 20.8 Å². The second-order valence-electron chi connectivity index (χ2n) is 5.36. The number of rotatable bonds is 13. The molecule has 2 unspecified atom stereocenters. The summed E-state index contributed by atoms with van der Waals surface area (Å²) in [4.78, 5) is 11.3. The second-order valence-corrected chi connectivity index (χ2v) is 5.36. The summed E-state index contributed by atoms with van der Waals surface area (Å²) in [6.07, 6.45) is 3.35. The molecule has 0 aliphatic carbocycles. The maximum absolute atomic E-state index is 11.3. The smallest absolute Gasteiger partial charge is 0.323 e. The van der Waals surface area contributed by atoms with Gasteiger partial charge in [0.15, 0.2) is 0 Å². The number of ether oxygens (including phenoxy) is 2. The Bertz CT molecular complexity index is 260. The van der Waals surface area contributed by atoms with Crippen molar-refractivity contribution in [1.82, 2.24) is 5.32 Å². The van der Waals surface area contributed by atoms with Gasteiger partial charge in [-0.05, 0) is 53.0 Å². The Kier molecular flexibility index (Phi) is 10.7. The maximum Gasteiger partial charge on any atom is 0.323 e. The summed E-state index contributed by atoms with van der Waals surface area (Å²) in [6.45, 7) is 10.4. The van der Waals surface area contributed by atoms with Gasteiger partial charge in [0.1, 0.15) is 5.54 Å². The van der Waals surface area contributed by atoms with Crippen LogP contribution in [0.25, 0.3) is 0 Å². The van der Waals surface area contributed by atoms with E-state index in [-0.39, 0.29) is 6.10 Å². The molecule has 5 heteroatoms. The molecule has 120 valence electrons. The van der Waals surface area contributed by atoms with E-state index in [1.165, 1.54) is 0 Å². The van der Waals surface area contributed by atoms with Crippen LogP contribution in [0, 0.1) is 0 Å². The highest BCUT2D eigenvalue weighted by Gasteiger charge is 2.31. The molecule has 0 saturated heterocycles. The fraction of sp³-hybridized carbons (Fsp3) is 0.933. The van der Waals surface area contributed by atoms with Gasteiger partial charge in [0.25, 0.3) is 0 Å². The lowest BCUT2D eigenvalue weighted by atomic mass is 9.95. The largest absolute Gasteiger partial charge is 0.480 e. The predicted molar refractivity (Wildman–Crippen MR) is 80.1 cm³/mol. The Morgan fingerprint density at radius 1 is 1.35 bits per heavy atom. The van der Waals surface area contributed by atoms with Gasteiger partial charge in [-0.15, -0.1) is 0 Å². The normalized spacial score (nSPS) is 15.8. The van der Waals surface area contributed by atoms with Crippen LogP contribution in [-0.4, -0.2) is 49.1 Å². The van der Waals surface area contributed by atoms with E-state index in [0.29, 0.717) is 26.2 Å². The molecular weight excluding hydrogens is 258 g/mol. The summed E-state index contributed by atoms with van der Waals surface area (Å²) in [5.41, 5.74) is -0.826. The van der Waals surface area contributed by atoms with E-state index in [0.717, 1.165) is 25.8 Å². The quantitative estimate of drug-likeness (QED) is 0.510. The lowest BCUT2D eigenvalue weighted by Crippen LogP contribution is -2.49. The molecule has 2 atom stereocenters. The molecule has 0 aliphatic heterocycles. The van der Waals surface area contributed by atoms with Crippen molar-refractivity contribution in [2.75, 3.05) is 26.4 Å². The Balaban J connectivity index is 3.81. The zero-order chi connectivity index (χ0) is 15.4. The van der Waals surface area contributed by atoms with Crippen LogP contribution in [-0.2, 0) is 14.3 Å². The van der Waals surface area contributed by atoms with Gasteiger partial charge in [0.2, 0.25) is 0 Å². The number of unbranched alkanes of at least 4 members (excludes halogenated alkanes) is 1. The molecule has 0 saturated carbocycles. The minimum absolute atomic E-state index is 0.0963. The van der Waals surface area contributed by atoms with Crippen LogP contribution >= 0.6 is 0 Å². The third kappa shape index (κ3) is 8.51. The zero-order valence-electron chi connectivity index (χ0n) is 13.4. The second kappa shape index (κ2) is 11.1. The highest BCUT2D eigenvalue weighted by atomic mass is 16.5. The number of carbonyl (C=O) groups is 1. The number of carboxylic acid groups (broad SMARTS) is 1. The van der Waals surface area contributed by atoms with Crippen molar-refractivity contribution >= 4 is 5.97 Å². The first-order valence-corrected chi connectivity index (χ1v) is 7.64. The van der Waals surface area contributed by atoms with Gasteiger partial charge in [0.05, 0.1) is 12.7 Å². The summed E-state index contributed by atoms with van der Waals surface area (Å²) in [7, 11) is 0. The fourth-order valence-electron chi connectivity index (χ4n) is 1.87.